The minimum absolute atomic E-state index is 0.262. The summed E-state index contributed by atoms with van der Waals surface area (Å²) in [6.07, 6.45) is 4.56. The molecule has 0 saturated carbocycles. The maximum atomic E-state index is 8.93. The molecule has 1 fully saturated rings. The number of aromatic nitrogens is 1. The second-order valence-corrected chi connectivity index (χ2v) is 4.26. The second-order valence-electron chi connectivity index (χ2n) is 4.26. The Kier molecular flexibility index (Phi) is 4.27. The molecular weight excluding hydrogens is 202 g/mol. The quantitative estimate of drug-likeness (QED) is 0.764. The average Bonchev–Trinajstić information content (AvgIpc) is 2.31. The molecule has 0 aromatic carbocycles. The summed E-state index contributed by atoms with van der Waals surface area (Å²) in [5, 5.41) is 12.3. The van der Waals surface area contributed by atoms with Gasteiger partial charge in [-0.25, -0.2) is 0 Å². The van der Waals surface area contributed by atoms with Gasteiger partial charge in [-0.05, 0) is 18.1 Å². The van der Waals surface area contributed by atoms with E-state index in [1.807, 2.05) is 12.3 Å². The lowest BCUT2D eigenvalue weighted by atomic mass is 10.1. The molecule has 1 aliphatic heterocycles. The maximum Gasteiger partial charge on any atom is 0.0446 e. The molecule has 0 spiro atoms. The van der Waals surface area contributed by atoms with Crippen molar-refractivity contribution in [3.8, 4) is 0 Å². The van der Waals surface area contributed by atoms with Crippen molar-refractivity contribution >= 4 is 0 Å². The van der Waals surface area contributed by atoms with Gasteiger partial charge in [-0.2, -0.15) is 0 Å². The summed E-state index contributed by atoms with van der Waals surface area (Å²) in [6, 6.07) is 4.51. The SMILES string of the molecule is OCCC1CN(Cc2cccnc2)CCN1. The van der Waals surface area contributed by atoms with E-state index in [2.05, 4.69) is 21.3 Å². The second kappa shape index (κ2) is 5.94. The number of pyridine rings is 1. The van der Waals surface area contributed by atoms with Gasteiger partial charge in [-0.3, -0.25) is 9.88 Å². The van der Waals surface area contributed by atoms with Gasteiger partial charge in [0.2, 0.25) is 0 Å². The first-order valence-corrected chi connectivity index (χ1v) is 5.84. The topological polar surface area (TPSA) is 48.4 Å². The Bertz CT molecular complexity index is 302. The molecule has 16 heavy (non-hydrogen) atoms. The number of nitrogens with one attached hydrogen (secondary N) is 1. The van der Waals surface area contributed by atoms with Crippen molar-refractivity contribution in [3.05, 3.63) is 30.1 Å². The highest BCUT2D eigenvalue weighted by molar-refractivity contribution is 5.08. The highest BCUT2D eigenvalue weighted by Gasteiger charge is 2.18. The molecule has 2 rings (SSSR count). The van der Waals surface area contributed by atoms with Crippen LogP contribution in [0.25, 0.3) is 0 Å². The number of hydrogen-bond donors (Lipinski definition) is 2. The number of rotatable bonds is 4. The van der Waals surface area contributed by atoms with Crippen LogP contribution in [0.3, 0.4) is 0 Å². The van der Waals surface area contributed by atoms with Crippen LogP contribution >= 0.6 is 0 Å². The van der Waals surface area contributed by atoms with Crippen LogP contribution in [0, 0.1) is 0 Å². The molecule has 1 saturated heterocycles. The fraction of sp³-hybridized carbons (Fsp3) is 0.583. The minimum atomic E-state index is 0.262. The highest BCUT2D eigenvalue weighted by atomic mass is 16.3. The average molecular weight is 221 g/mol. The summed E-state index contributed by atoms with van der Waals surface area (Å²) in [6.45, 7) is 4.30. The third-order valence-corrected chi connectivity index (χ3v) is 2.95. The van der Waals surface area contributed by atoms with Crippen LogP contribution in [0.15, 0.2) is 24.5 Å². The van der Waals surface area contributed by atoms with Crippen molar-refractivity contribution < 1.29 is 5.11 Å². The standard InChI is InChI=1S/C12H19N3O/c16-7-3-12-10-15(6-5-14-12)9-11-2-1-4-13-8-11/h1-2,4,8,12,14,16H,3,5-7,9-10H2. The zero-order chi connectivity index (χ0) is 11.2. The van der Waals surface area contributed by atoms with E-state index >= 15 is 0 Å². The van der Waals surface area contributed by atoms with Crippen molar-refractivity contribution in [1.82, 2.24) is 15.2 Å². The largest absolute Gasteiger partial charge is 0.396 e. The van der Waals surface area contributed by atoms with E-state index in [9.17, 15) is 0 Å². The molecule has 2 N–H and O–H groups in total. The minimum Gasteiger partial charge on any atom is -0.396 e. The molecule has 0 bridgehead atoms. The lowest BCUT2D eigenvalue weighted by molar-refractivity contribution is 0.167. The third-order valence-electron chi connectivity index (χ3n) is 2.95. The first kappa shape index (κ1) is 11.5. The van der Waals surface area contributed by atoms with Crippen molar-refractivity contribution in [2.24, 2.45) is 0 Å². The fourth-order valence-corrected chi connectivity index (χ4v) is 2.14. The molecule has 4 nitrogen and oxygen atoms in total. The number of hydrogen-bond acceptors (Lipinski definition) is 4. The summed E-state index contributed by atoms with van der Waals surface area (Å²) in [5.41, 5.74) is 1.26. The van der Waals surface area contributed by atoms with Gasteiger partial charge in [0, 0.05) is 51.2 Å². The Morgan fingerprint density at radius 3 is 3.25 bits per heavy atom. The van der Waals surface area contributed by atoms with Gasteiger partial charge in [-0.1, -0.05) is 6.07 Å². The molecule has 0 amide bonds. The van der Waals surface area contributed by atoms with E-state index in [0.29, 0.717) is 6.04 Å². The van der Waals surface area contributed by atoms with Gasteiger partial charge in [0.25, 0.3) is 0 Å². The zero-order valence-corrected chi connectivity index (χ0v) is 9.47. The van der Waals surface area contributed by atoms with Gasteiger partial charge in [0.1, 0.15) is 0 Å². The Morgan fingerprint density at radius 2 is 2.50 bits per heavy atom. The van der Waals surface area contributed by atoms with Gasteiger partial charge < -0.3 is 10.4 Å². The van der Waals surface area contributed by atoms with Crippen LogP contribution in [0.2, 0.25) is 0 Å². The molecule has 2 heterocycles. The van der Waals surface area contributed by atoms with E-state index < -0.39 is 0 Å². The van der Waals surface area contributed by atoms with Gasteiger partial charge in [-0.15, -0.1) is 0 Å². The number of aliphatic hydroxyl groups is 1. The summed E-state index contributed by atoms with van der Waals surface area (Å²) < 4.78 is 0. The maximum absolute atomic E-state index is 8.93. The predicted molar refractivity (Wildman–Crippen MR) is 63.0 cm³/mol. The Balaban J connectivity index is 1.85. The highest BCUT2D eigenvalue weighted by Crippen LogP contribution is 2.07. The Hall–Kier alpha value is -0.970. The number of aliphatic hydroxyl groups excluding tert-OH is 1. The molecule has 1 aromatic rings. The van der Waals surface area contributed by atoms with Crippen molar-refractivity contribution in [3.63, 3.8) is 0 Å². The van der Waals surface area contributed by atoms with Crippen LogP contribution in [0.5, 0.6) is 0 Å². The normalized spacial score (nSPS) is 22.2. The van der Waals surface area contributed by atoms with E-state index in [0.717, 1.165) is 32.6 Å². The lowest BCUT2D eigenvalue weighted by Crippen LogP contribution is -2.50. The summed E-state index contributed by atoms with van der Waals surface area (Å²) in [5.74, 6) is 0. The molecular formula is C12H19N3O. The van der Waals surface area contributed by atoms with Gasteiger partial charge in [0.15, 0.2) is 0 Å². The summed E-state index contributed by atoms with van der Waals surface area (Å²) >= 11 is 0. The van der Waals surface area contributed by atoms with Crippen LogP contribution < -0.4 is 5.32 Å². The van der Waals surface area contributed by atoms with Crippen LogP contribution in [0.4, 0.5) is 0 Å². The Morgan fingerprint density at radius 1 is 1.56 bits per heavy atom. The molecule has 1 aliphatic rings. The molecule has 1 unspecified atom stereocenters. The van der Waals surface area contributed by atoms with E-state index in [1.165, 1.54) is 5.56 Å². The molecule has 0 radical (unpaired) electrons. The van der Waals surface area contributed by atoms with E-state index in [1.54, 1.807) is 6.20 Å². The van der Waals surface area contributed by atoms with Crippen LogP contribution in [0.1, 0.15) is 12.0 Å². The first-order chi connectivity index (χ1) is 7.88. The third kappa shape index (κ3) is 3.27. The van der Waals surface area contributed by atoms with Crippen molar-refractivity contribution in [1.29, 1.82) is 0 Å². The molecule has 1 atom stereocenters. The van der Waals surface area contributed by atoms with E-state index in [-0.39, 0.29) is 6.61 Å². The van der Waals surface area contributed by atoms with Crippen LogP contribution in [-0.4, -0.2) is 47.3 Å². The van der Waals surface area contributed by atoms with E-state index in [4.69, 9.17) is 5.11 Å². The van der Waals surface area contributed by atoms with Crippen LogP contribution in [-0.2, 0) is 6.54 Å². The fourth-order valence-electron chi connectivity index (χ4n) is 2.14. The smallest absolute Gasteiger partial charge is 0.0446 e. The number of piperazine rings is 1. The van der Waals surface area contributed by atoms with Crippen molar-refractivity contribution in [2.75, 3.05) is 26.2 Å². The molecule has 0 aliphatic carbocycles. The van der Waals surface area contributed by atoms with Crippen molar-refractivity contribution in [2.45, 2.75) is 19.0 Å². The van der Waals surface area contributed by atoms with Gasteiger partial charge in [0.05, 0.1) is 0 Å². The number of nitrogens with zero attached hydrogens (tertiary/aromatic N) is 2. The Labute approximate surface area is 96.3 Å². The molecule has 4 heteroatoms. The monoisotopic (exact) mass is 221 g/mol. The first-order valence-electron chi connectivity index (χ1n) is 5.84. The van der Waals surface area contributed by atoms with Gasteiger partial charge >= 0.3 is 0 Å². The summed E-state index contributed by atoms with van der Waals surface area (Å²) in [4.78, 5) is 6.53. The molecule has 1 aromatic heterocycles. The lowest BCUT2D eigenvalue weighted by Gasteiger charge is -2.33. The molecule has 88 valence electrons. The summed E-state index contributed by atoms with van der Waals surface area (Å²) in [7, 11) is 0. The zero-order valence-electron chi connectivity index (χ0n) is 9.47. The predicted octanol–water partition coefficient (Wildman–Crippen LogP) is 0.238.